The fourth-order valence-electron chi connectivity index (χ4n) is 2.52. The smallest absolute Gasteiger partial charge is 0.268 e. The van der Waals surface area contributed by atoms with Crippen molar-refractivity contribution in [3.8, 4) is 0 Å². The number of imide groups is 1. The molecule has 0 aliphatic carbocycles. The minimum atomic E-state index is -0.313. The number of halogens is 2. The second-order valence-corrected chi connectivity index (χ2v) is 7.64. The number of carbonyl (C=O) groups excluding carboxylic acids is 2. The molecular formula is C20H15Cl2NO2S. The molecule has 132 valence electrons. The van der Waals surface area contributed by atoms with Gasteiger partial charge in [0.25, 0.3) is 11.1 Å². The molecule has 0 spiro atoms. The number of amides is 2. The van der Waals surface area contributed by atoms with Crippen molar-refractivity contribution < 1.29 is 9.59 Å². The second kappa shape index (κ2) is 8.12. The van der Waals surface area contributed by atoms with Gasteiger partial charge in [0.1, 0.15) is 0 Å². The van der Waals surface area contributed by atoms with Crippen molar-refractivity contribution in [1.29, 1.82) is 0 Å². The van der Waals surface area contributed by atoms with Gasteiger partial charge in [-0.25, -0.2) is 0 Å². The van der Waals surface area contributed by atoms with E-state index < -0.39 is 0 Å². The third-order valence-electron chi connectivity index (χ3n) is 3.77. The highest BCUT2D eigenvalue weighted by Crippen LogP contribution is 2.34. The Morgan fingerprint density at radius 3 is 2.54 bits per heavy atom. The summed E-state index contributed by atoms with van der Waals surface area (Å²) in [5.41, 5.74) is 2.61. The summed E-state index contributed by atoms with van der Waals surface area (Å²) in [5, 5.41) is 0.634. The van der Waals surface area contributed by atoms with Gasteiger partial charge in [0.2, 0.25) is 0 Å². The third-order valence-corrected chi connectivity index (χ3v) is 5.26. The normalized spacial score (nSPS) is 16.7. The highest BCUT2D eigenvalue weighted by atomic mass is 35.5. The summed E-state index contributed by atoms with van der Waals surface area (Å²) >= 11 is 13.0. The Morgan fingerprint density at radius 2 is 1.85 bits per heavy atom. The van der Waals surface area contributed by atoms with Crippen LogP contribution >= 0.6 is 35.0 Å². The Labute approximate surface area is 166 Å². The van der Waals surface area contributed by atoms with Crippen molar-refractivity contribution in [2.45, 2.75) is 13.5 Å². The Morgan fingerprint density at radius 1 is 1.12 bits per heavy atom. The molecule has 1 aliphatic rings. The summed E-state index contributed by atoms with van der Waals surface area (Å²) < 4.78 is 0. The summed E-state index contributed by atoms with van der Waals surface area (Å²) in [4.78, 5) is 26.5. The number of carbonyl (C=O) groups is 2. The molecule has 0 aromatic heterocycles. The van der Waals surface area contributed by atoms with E-state index in [1.54, 1.807) is 24.3 Å². The van der Waals surface area contributed by atoms with Gasteiger partial charge in [0.15, 0.2) is 0 Å². The zero-order valence-corrected chi connectivity index (χ0v) is 16.2. The lowest BCUT2D eigenvalue weighted by molar-refractivity contribution is -0.123. The molecule has 0 radical (unpaired) electrons. The van der Waals surface area contributed by atoms with Gasteiger partial charge < -0.3 is 0 Å². The summed E-state index contributed by atoms with van der Waals surface area (Å²) in [6, 6.07) is 14.8. The molecule has 6 heteroatoms. The fraction of sp³-hybridized carbons (Fsp3) is 0.100. The van der Waals surface area contributed by atoms with E-state index in [1.165, 1.54) is 4.90 Å². The van der Waals surface area contributed by atoms with Crippen LogP contribution in [0.15, 0.2) is 65.1 Å². The Hall–Kier alpha value is -2.01. The molecule has 26 heavy (non-hydrogen) atoms. The summed E-state index contributed by atoms with van der Waals surface area (Å²) in [6.45, 7) is 2.02. The third kappa shape index (κ3) is 4.39. The van der Waals surface area contributed by atoms with Crippen LogP contribution in [0.4, 0.5) is 4.79 Å². The number of rotatable bonds is 4. The maximum atomic E-state index is 12.6. The van der Waals surface area contributed by atoms with Crippen LogP contribution in [-0.2, 0) is 11.3 Å². The predicted molar refractivity (Wildman–Crippen MR) is 108 cm³/mol. The summed E-state index contributed by atoms with van der Waals surface area (Å²) in [6.07, 6.45) is 3.70. The number of benzene rings is 2. The largest absolute Gasteiger partial charge is 0.293 e. The zero-order valence-electron chi connectivity index (χ0n) is 13.9. The molecule has 1 fully saturated rings. The van der Waals surface area contributed by atoms with E-state index in [0.717, 1.165) is 22.9 Å². The van der Waals surface area contributed by atoms with E-state index >= 15 is 0 Å². The molecule has 3 nitrogen and oxygen atoms in total. The van der Waals surface area contributed by atoms with Gasteiger partial charge in [-0.3, -0.25) is 14.5 Å². The molecule has 3 rings (SSSR count). The van der Waals surface area contributed by atoms with E-state index in [0.29, 0.717) is 20.5 Å². The number of hydrogen-bond donors (Lipinski definition) is 0. The second-order valence-electron chi connectivity index (χ2n) is 5.80. The number of hydrogen-bond acceptors (Lipinski definition) is 3. The van der Waals surface area contributed by atoms with E-state index in [2.05, 4.69) is 0 Å². The van der Waals surface area contributed by atoms with Gasteiger partial charge in [0, 0.05) is 10.0 Å². The molecule has 2 amide bonds. The number of thioether (sulfide) groups is 1. The van der Waals surface area contributed by atoms with Crippen LogP contribution in [0.3, 0.4) is 0 Å². The van der Waals surface area contributed by atoms with Crippen LogP contribution in [0, 0.1) is 0 Å². The van der Waals surface area contributed by atoms with Crippen molar-refractivity contribution in [2.24, 2.45) is 0 Å². The van der Waals surface area contributed by atoms with Gasteiger partial charge in [-0.2, -0.15) is 0 Å². The van der Waals surface area contributed by atoms with Crippen molar-refractivity contribution in [2.75, 3.05) is 0 Å². The average Bonchev–Trinajstić information content (AvgIpc) is 2.85. The fourth-order valence-corrected chi connectivity index (χ4v) is 3.87. The van der Waals surface area contributed by atoms with E-state index in [4.69, 9.17) is 23.2 Å². The lowest BCUT2D eigenvalue weighted by Crippen LogP contribution is -2.27. The van der Waals surface area contributed by atoms with E-state index in [1.807, 2.05) is 43.3 Å². The van der Waals surface area contributed by atoms with Gasteiger partial charge in [-0.1, -0.05) is 65.7 Å². The molecule has 0 atom stereocenters. The standard InChI is InChI=1S/C20H15Cl2NO2S/c1-13(9-14-5-3-2-4-6-14)10-18-19(24)23(20(25)26-18)12-15-7-8-16(21)11-17(15)22/h2-11H,12H2,1H3/b13-9+,18-10-. The van der Waals surface area contributed by atoms with Gasteiger partial charge in [-0.05, 0) is 53.6 Å². The maximum Gasteiger partial charge on any atom is 0.293 e. The monoisotopic (exact) mass is 403 g/mol. The van der Waals surface area contributed by atoms with Crippen molar-refractivity contribution >= 4 is 52.2 Å². The maximum absolute atomic E-state index is 12.6. The number of allylic oxidation sites excluding steroid dienone is 2. The molecule has 0 saturated carbocycles. The van der Waals surface area contributed by atoms with Crippen LogP contribution in [0.5, 0.6) is 0 Å². The Kier molecular flexibility index (Phi) is 5.87. The van der Waals surface area contributed by atoms with Crippen LogP contribution in [0.2, 0.25) is 10.0 Å². The van der Waals surface area contributed by atoms with Crippen LogP contribution in [0.1, 0.15) is 18.1 Å². The Bertz CT molecular complexity index is 923. The van der Waals surface area contributed by atoms with Crippen LogP contribution < -0.4 is 0 Å². The molecular weight excluding hydrogens is 389 g/mol. The highest BCUT2D eigenvalue weighted by Gasteiger charge is 2.35. The first-order valence-electron chi connectivity index (χ1n) is 7.86. The molecule has 2 aromatic rings. The summed E-state index contributed by atoms with van der Waals surface area (Å²) in [5.74, 6) is -0.313. The topological polar surface area (TPSA) is 37.4 Å². The lowest BCUT2D eigenvalue weighted by atomic mass is 10.1. The number of nitrogens with zero attached hydrogens (tertiary/aromatic N) is 1. The minimum absolute atomic E-state index is 0.124. The molecule has 1 heterocycles. The molecule has 0 unspecified atom stereocenters. The van der Waals surface area contributed by atoms with Crippen molar-refractivity contribution in [3.05, 3.63) is 86.3 Å². The van der Waals surface area contributed by atoms with E-state index in [9.17, 15) is 9.59 Å². The van der Waals surface area contributed by atoms with Crippen LogP contribution in [-0.4, -0.2) is 16.0 Å². The van der Waals surface area contributed by atoms with Crippen molar-refractivity contribution in [1.82, 2.24) is 4.90 Å². The van der Waals surface area contributed by atoms with Crippen molar-refractivity contribution in [3.63, 3.8) is 0 Å². The molecule has 0 bridgehead atoms. The van der Waals surface area contributed by atoms with E-state index in [-0.39, 0.29) is 17.7 Å². The average molecular weight is 404 g/mol. The molecule has 2 aromatic carbocycles. The molecule has 1 aliphatic heterocycles. The first kappa shape index (κ1) is 18.8. The lowest BCUT2D eigenvalue weighted by Gasteiger charge is -2.13. The first-order valence-corrected chi connectivity index (χ1v) is 9.44. The minimum Gasteiger partial charge on any atom is -0.268 e. The highest BCUT2D eigenvalue weighted by molar-refractivity contribution is 8.18. The molecule has 0 N–H and O–H groups in total. The predicted octanol–water partition coefficient (Wildman–Crippen LogP) is 6.18. The van der Waals surface area contributed by atoms with Crippen LogP contribution in [0.25, 0.3) is 6.08 Å². The van der Waals surface area contributed by atoms with Gasteiger partial charge in [0.05, 0.1) is 11.4 Å². The molecule has 1 saturated heterocycles. The SMILES string of the molecule is CC(/C=C1\SC(=O)N(Cc2ccc(Cl)cc2Cl)C1=O)=C\c1ccccc1. The quantitative estimate of drug-likeness (QED) is 0.572. The van der Waals surface area contributed by atoms with Gasteiger partial charge in [-0.15, -0.1) is 0 Å². The Balaban J connectivity index is 1.79. The first-order chi connectivity index (χ1) is 12.4. The van der Waals surface area contributed by atoms with Gasteiger partial charge >= 0.3 is 0 Å². The zero-order chi connectivity index (χ0) is 18.7. The summed E-state index contributed by atoms with van der Waals surface area (Å²) in [7, 11) is 0.